The van der Waals surface area contributed by atoms with Gasteiger partial charge in [0.2, 0.25) is 0 Å². The Morgan fingerprint density at radius 2 is 1.83 bits per heavy atom. The molecule has 0 saturated carbocycles. The van der Waals surface area contributed by atoms with Gasteiger partial charge in [-0.2, -0.15) is 0 Å². The van der Waals surface area contributed by atoms with Crippen molar-refractivity contribution in [3.63, 3.8) is 0 Å². The number of rotatable bonds is 4. The van der Waals surface area contributed by atoms with E-state index >= 15 is 0 Å². The van der Waals surface area contributed by atoms with E-state index in [0.29, 0.717) is 5.75 Å². The standard InChI is InChI=1S/C11H14N2O4.ClH/c1-16-8-4-2-7(3-5-8)6-9(12)10(14)17-11(13)15;/h2-5,9H,6,12H2,1H3,(H2,13,15);1H/t9-;/m0./s1. The molecule has 0 spiro atoms. The van der Waals surface area contributed by atoms with Crippen molar-refractivity contribution in [2.75, 3.05) is 7.11 Å². The lowest BCUT2D eigenvalue weighted by atomic mass is 10.1. The van der Waals surface area contributed by atoms with Crippen molar-refractivity contribution < 1.29 is 19.1 Å². The maximum atomic E-state index is 11.2. The molecule has 0 saturated heterocycles. The summed E-state index contributed by atoms with van der Waals surface area (Å²) in [6, 6.07) is 6.13. The average Bonchev–Trinajstić information content (AvgIpc) is 2.29. The summed E-state index contributed by atoms with van der Waals surface area (Å²) in [4.78, 5) is 21.6. The third kappa shape index (κ3) is 5.03. The van der Waals surface area contributed by atoms with Crippen LogP contribution < -0.4 is 16.2 Å². The Morgan fingerprint density at radius 3 is 2.28 bits per heavy atom. The number of carbonyl (C=O) groups is 2. The lowest BCUT2D eigenvalue weighted by Crippen LogP contribution is -2.36. The highest BCUT2D eigenvalue weighted by atomic mass is 35.5. The fourth-order valence-electron chi connectivity index (χ4n) is 1.27. The molecule has 7 heteroatoms. The van der Waals surface area contributed by atoms with Gasteiger partial charge in [0, 0.05) is 0 Å². The van der Waals surface area contributed by atoms with Crippen molar-refractivity contribution >= 4 is 24.5 Å². The highest BCUT2D eigenvalue weighted by Crippen LogP contribution is 2.12. The zero-order valence-electron chi connectivity index (χ0n) is 9.79. The number of methoxy groups -OCH3 is 1. The Balaban J connectivity index is 0.00000289. The number of esters is 1. The second kappa shape index (κ2) is 7.52. The van der Waals surface area contributed by atoms with Gasteiger partial charge in [-0.15, -0.1) is 12.4 Å². The Labute approximate surface area is 111 Å². The van der Waals surface area contributed by atoms with E-state index in [1.54, 1.807) is 31.4 Å². The summed E-state index contributed by atoms with van der Waals surface area (Å²) in [5.41, 5.74) is 11.1. The maximum absolute atomic E-state index is 11.2. The lowest BCUT2D eigenvalue weighted by Gasteiger charge is -2.09. The van der Waals surface area contributed by atoms with Gasteiger partial charge in [-0.3, -0.25) is 0 Å². The Hall–Kier alpha value is -1.79. The Kier molecular flexibility index (Phi) is 6.77. The number of ether oxygens (including phenoxy) is 2. The molecule has 18 heavy (non-hydrogen) atoms. The monoisotopic (exact) mass is 274 g/mol. The molecule has 0 aliphatic heterocycles. The third-order valence-electron chi connectivity index (χ3n) is 2.12. The van der Waals surface area contributed by atoms with Crippen LogP contribution in [-0.4, -0.2) is 25.2 Å². The molecular weight excluding hydrogens is 260 g/mol. The van der Waals surface area contributed by atoms with Crippen molar-refractivity contribution in [2.24, 2.45) is 11.5 Å². The van der Waals surface area contributed by atoms with Crippen LogP contribution in [0.15, 0.2) is 24.3 Å². The first-order valence-electron chi connectivity index (χ1n) is 4.92. The van der Waals surface area contributed by atoms with Crippen LogP contribution in [0.1, 0.15) is 5.56 Å². The maximum Gasteiger partial charge on any atom is 0.412 e. The first-order valence-corrected chi connectivity index (χ1v) is 4.92. The SMILES string of the molecule is COc1ccc(C[C@H](N)C(=O)OC(N)=O)cc1.Cl. The van der Waals surface area contributed by atoms with Gasteiger partial charge in [0.1, 0.15) is 11.8 Å². The molecule has 1 atom stereocenters. The van der Waals surface area contributed by atoms with Crippen molar-refractivity contribution in [2.45, 2.75) is 12.5 Å². The average molecular weight is 275 g/mol. The van der Waals surface area contributed by atoms with E-state index in [0.717, 1.165) is 5.56 Å². The molecule has 0 unspecified atom stereocenters. The topological polar surface area (TPSA) is 105 Å². The number of primary amides is 1. The van der Waals surface area contributed by atoms with Gasteiger partial charge < -0.3 is 20.9 Å². The van der Waals surface area contributed by atoms with Crippen LogP contribution in [0.4, 0.5) is 4.79 Å². The van der Waals surface area contributed by atoms with Crippen LogP contribution >= 0.6 is 12.4 Å². The van der Waals surface area contributed by atoms with E-state index in [1.165, 1.54) is 0 Å². The largest absolute Gasteiger partial charge is 0.497 e. The summed E-state index contributed by atoms with van der Waals surface area (Å²) < 4.78 is 9.17. The minimum absolute atomic E-state index is 0. The summed E-state index contributed by atoms with van der Waals surface area (Å²) in [5.74, 6) is -0.129. The molecule has 1 amide bonds. The number of amides is 1. The lowest BCUT2D eigenvalue weighted by molar-refractivity contribution is -0.138. The zero-order chi connectivity index (χ0) is 12.8. The molecule has 1 aromatic rings. The van der Waals surface area contributed by atoms with Crippen LogP contribution in [0.25, 0.3) is 0 Å². The van der Waals surface area contributed by atoms with Gasteiger partial charge in [-0.05, 0) is 24.1 Å². The van der Waals surface area contributed by atoms with Crippen molar-refractivity contribution in [3.05, 3.63) is 29.8 Å². The molecule has 0 radical (unpaired) electrons. The zero-order valence-corrected chi connectivity index (χ0v) is 10.6. The number of nitrogens with two attached hydrogens (primary N) is 2. The summed E-state index contributed by atoms with van der Waals surface area (Å²) in [5, 5.41) is 0. The molecule has 0 heterocycles. The van der Waals surface area contributed by atoms with E-state index < -0.39 is 18.1 Å². The van der Waals surface area contributed by atoms with Crippen LogP contribution in [0.2, 0.25) is 0 Å². The number of halogens is 1. The fraction of sp³-hybridized carbons (Fsp3) is 0.273. The van der Waals surface area contributed by atoms with Gasteiger partial charge in [0.15, 0.2) is 0 Å². The number of carbonyl (C=O) groups excluding carboxylic acids is 2. The van der Waals surface area contributed by atoms with Gasteiger partial charge in [0.05, 0.1) is 7.11 Å². The van der Waals surface area contributed by atoms with Crippen molar-refractivity contribution in [1.29, 1.82) is 0 Å². The predicted octanol–water partition coefficient (Wildman–Crippen LogP) is 0.609. The normalized spacial score (nSPS) is 11.0. The van der Waals surface area contributed by atoms with Gasteiger partial charge in [0.25, 0.3) is 0 Å². The molecule has 0 aliphatic rings. The fourth-order valence-corrected chi connectivity index (χ4v) is 1.27. The molecule has 6 nitrogen and oxygen atoms in total. The summed E-state index contributed by atoms with van der Waals surface area (Å²) in [7, 11) is 1.56. The molecule has 0 bridgehead atoms. The molecule has 0 aromatic heterocycles. The highest BCUT2D eigenvalue weighted by molar-refractivity contribution is 5.87. The highest BCUT2D eigenvalue weighted by Gasteiger charge is 2.17. The van der Waals surface area contributed by atoms with E-state index in [-0.39, 0.29) is 18.8 Å². The van der Waals surface area contributed by atoms with E-state index in [4.69, 9.17) is 16.2 Å². The second-order valence-electron chi connectivity index (χ2n) is 3.40. The van der Waals surface area contributed by atoms with Crippen molar-refractivity contribution in [3.8, 4) is 5.75 Å². The van der Waals surface area contributed by atoms with Crippen LogP contribution in [0.3, 0.4) is 0 Å². The van der Waals surface area contributed by atoms with Crippen molar-refractivity contribution in [1.82, 2.24) is 0 Å². The minimum atomic E-state index is -1.15. The predicted molar refractivity (Wildman–Crippen MR) is 67.6 cm³/mol. The van der Waals surface area contributed by atoms with E-state index in [2.05, 4.69) is 4.74 Å². The van der Waals surface area contributed by atoms with E-state index in [9.17, 15) is 9.59 Å². The first kappa shape index (κ1) is 16.2. The van der Waals surface area contributed by atoms with Gasteiger partial charge in [-0.25, -0.2) is 9.59 Å². The molecule has 4 N–H and O–H groups in total. The Bertz CT molecular complexity index is 408. The number of benzene rings is 1. The van der Waals surface area contributed by atoms with E-state index in [1.807, 2.05) is 0 Å². The molecule has 1 aromatic carbocycles. The Morgan fingerprint density at radius 1 is 1.28 bits per heavy atom. The van der Waals surface area contributed by atoms with Crippen LogP contribution in [-0.2, 0) is 16.0 Å². The summed E-state index contributed by atoms with van der Waals surface area (Å²) in [6.45, 7) is 0. The smallest absolute Gasteiger partial charge is 0.412 e. The minimum Gasteiger partial charge on any atom is -0.497 e. The van der Waals surface area contributed by atoms with Crippen LogP contribution in [0.5, 0.6) is 5.75 Å². The molecular formula is C11H15ClN2O4. The molecule has 100 valence electrons. The third-order valence-corrected chi connectivity index (χ3v) is 2.12. The first-order chi connectivity index (χ1) is 8.02. The second-order valence-corrected chi connectivity index (χ2v) is 3.40. The van der Waals surface area contributed by atoms with Gasteiger partial charge >= 0.3 is 12.1 Å². The quantitative estimate of drug-likeness (QED) is 0.618. The molecule has 1 rings (SSSR count). The molecule has 0 aliphatic carbocycles. The molecule has 0 fully saturated rings. The summed E-state index contributed by atoms with van der Waals surface area (Å²) >= 11 is 0. The summed E-state index contributed by atoms with van der Waals surface area (Å²) in [6.07, 6.45) is -0.893. The van der Waals surface area contributed by atoms with Gasteiger partial charge in [-0.1, -0.05) is 12.1 Å². The number of hydrogen-bond donors (Lipinski definition) is 2. The number of hydrogen-bond acceptors (Lipinski definition) is 5. The van der Waals surface area contributed by atoms with Crippen LogP contribution in [0, 0.1) is 0 Å².